The van der Waals surface area contributed by atoms with Crippen molar-refractivity contribution in [3.05, 3.63) is 106 Å². The van der Waals surface area contributed by atoms with Crippen LogP contribution in [0.5, 0.6) is 11.5 Å². The normalized spacial score (nSPS) is 10.8. The molecule has 144 valence electrons. The summed E-state index contributed by atoms with van der Waals surface area (Å²) in [6.45, 7) is 0. The number of aryl methyl sites for hydroxylation is 2. The maximum Gasteiger partial charge on any atom is 0.351 e. The summed E-state index contributed by atoms with van der Waals surface area (Å²) in [5, 5.41) is 9.62. The van der Waals surface area contributed by atoms with Gasteiger partial charge in [-0.25, -0.2) is 9.59 Å². The molecule has 0 saturated heterocycles. The third-order valence-corrected chi connectivity index (χ3v) is 4.61. The molecule has 5 heteroatoms. The number of carbonyl (C=O) groups is 1. The average molecular weight is 386 g/mol. The average Bonchev–Trinajstić information content (AvgIpc) is 2.72. The van der Waals surface area contributed by atoms with Crippen LogP contribution in [0, 0.1) is 0 Å². The first-order chi connectivity index (χ1) is 14.1. The number of ether oxygens (including phenoxy) is 1. The van der Waals surface area contributed by atoms with Crippen molar-refractivity contribution < 1.29 is 19.1 Å². The quantitative estimate of drug-likeness (QED) is 0.468. The fourth-order valence-corrected chi connectivity index (χ4v) is 3.14. The van der Waals surface area contributed by atoms with E-state index in [2.05, 4.69) is 0 Å². The number of carboxylic acid groups (broad SMARTS) is 1. The SMILES string of the molecule is O=C(O)c1cc2ccc(CCc3cccc(Oc4ccccc4)c3)cc2oc1=O. The van der Waals surface area contributed by atoms with Gasteiger partial charge in [0.15, 0.2) is 0 Å². The molecular formula is C24H18O5. The van der Waals surface area contributed by atoms with Gasteiger partial charge in [-0.05, 0) is 60.4 Å². The van der Waals surface area contributed by atoms with Crippen LogP contribution in [0.2, 0.25) is 0 Å². The molecule has 1 aromatic heterocycles. The van der Waals surface area contributed by atoms with Gasteiger partial charge in [0.25, 0.3) is 0 Å². The predicted molar refractivity (Wildman–Crippen MR) is 110 cm³/mol. The van der Waals surface area contributed by atoms with Crippen LogP contribution in [-0.2, 0) is 12.8 Å². The number of fused-ring (bicyclic) bond motifs is 1. The Balaban J connectivity index is 1.49. The maximum absolute atomic E-state index is 11.8. The number of benzene rings is 3. The molecule has 1 heterocycles. The number of hydrogen-bond acceptors (Lipinski definition) is 4. The highest BCUT2D eigenvalue weighted by Crippen LogP contribution is 2.23. The van der Waals surface area contributed by atoms with E-state index in [-0.39, 0.29) is 5.56 Å². The highest BCUT2D eigenvalue weighted by atomic mass is 16.5. The second kappa shape index (κ2) is 8.02. The number of hydrogen-bond donors (Lipinski definition) is 1. The Labute approximate surface area is 166 Å². The molecule has 0 aliphatic rings. The standard InChI is InChI=1S/C24H18O5/c25-23(26)21-15-18-12-11-17(14-22(18)29-24(21)27)10-9-16-5-4-8-20(13-16)28-19-6-2-1-3-7-19/h1-8,11-15H,9-10H2,(H,25,26). The molecule has 0 aliphatic carbocycles. The molecule has 3 aromatic carbocycles. The third kappa shape index (κ3) is 4.35. The molecule has 5 nitrogen and oxygen atoms in total. The van der Waals surface area contributed by atoms with Crippen molar-refractivity contribution in [2.45, 2.75) is 12.8 Å². The number of para-hydroxylation sites is 1. The number of carboxylic acids is 1. The molecule has 0 saturated carbocycles. The van der Waals surface area contributed by atoms with Crippen LogP contribution in [0.25, 0.3) is 11.0 Å². The minimum Gasteiger partial charge on any atom is -0.477 e. The van der Waals surface area contributed by atoms with Gasteiger partial charge in [0.2, 0.25) is 0 Å². The summed E-state index contributed by atoms with van der Waals surface area (Å²) in [7, 11) is 0. The van der Waals surface area contributed by atoms with Crippen LogP contribution in [0.15, 0.2) is 88.1 Å². The fourth-order valence-electron chi connectivity index (χ4n) is 3.14. The maximum atomic E-state index is 11.8. The topological polar surface area (TPSA) is 76.7 Å². The Kier molecular flexibility index (Phi) is 5.12. The summed E-state index contributed by atoms with van der Waals surface area (Å²) < 4.78 is 11.1. The number of rotatable bonds is 6. The van der Waals surface area contributed by atoms with E-state index in [1.165, 1.54) is 6.07 Å². The molecule has 4 rings (SSSR count). The van der Waals surface area contributed by atoms with Gasteiger partial charge in [-0.3, -0.25) is 0 Å². The summed E-state index contributed by atoms with van der Waals surface area (Å²) in [4.78, 5) is 22.9. The second-order valence-corrected chi connectivity index (χ2v) is 6.69. The van der Waals surface area contributed by atoms with Crippen LogP contribution in [-0.4, -0.2) is 11.1 Å². The summed E-state index contributed by atoms with van der Waals surface area (Å²) in [5.74, 6) is 0.275. The van der Waals surface area contributed by atoms with E-state index < -0.39 is 11.6 Å². The van der Waals surface area contributed by atoms with Crippen molar-refractivity contribution in [2.75, 3.05) is 0 Å². The second-order valence-electron chi connectivity index (χ2n) is 6.69. The smallest absolute Gasteiger partial charge is 0.351 e. The van der Waals surface area contributed by atoms with Crippen LogP contribution in [0.1, 0.15) is 21.5 Å². The molecular weight excluding hydrogens is 368 g/mol. The van der Waals surface area contributed by atoms with Gasteiger partial charge in [0.1, 0.15) is 22.6 Å². The Morgan fingerprint density at radius 1 is 0.828 bits per heavy atom. The lowest BCUT2D eigenvalue weighted by atomic mass is 10.0. The van der Waals surface area contributed by atoms with Gasteiger partial charge in [-0.1, -0.05) is 42.5 Å². The summed E-state index contributed by atoms with van der Waals surface area (Å²) in [5.41, 5.74) is 1.31. The van der Waals surface area contributed by atoms with Crippen molar-refractivity contribution in [2.24, 2.45) is 0 Å². The van der Waals surface area contributed by atoms with Gasteiger partial charge in [-0.15, -0.1) is 0 Å². The lowest BCUT2D eigenvalue weighted by Gasteiger charge is -2.08. The van der Waals surface area contributed by atoms with Crippen molar-refractivity contribution in [1.82, 2.24) is 0 Å². The van der Waals surface area contributed by atoms with E-state index in [4.69, 9.17) is 14.3 Å². The van der Waals surface area contributed by atoms with Gasteiger partial charge in [0.05, 0.1) is 0 Å². The summed E-state index contributed by atoms with van der Waals surface area (Å²) >= 11 is 0. The molecule has 29 heavy (non-hydrogen) atoms. The van der Waals surface area contributed by atoms with Crippen molar-refractivity contribution >= 4 is 16.9 Å². The zero-order chi connectivity index (χ0) is 20.2. The van der Waals surface area contributed by atoms with Gasteiger partial charge >= 0.3 is 11.6 Å². The molecule has 0 bridgehead atoms. The lowest BCUT2D eigenvalue weighted by Crippen LogP contribution is -2.12. The van der Waals surface area contributed by atoms with Crippen LogP contribution < -0.4 is 10.4 Å². The van der Waals surface area contributed by atoms with Crippen molar-refractivity contribution in [3.63, 3.8) is 0 Å². The minimum absolute atomic E-state index is 0.361. The molecule has 0 amide bonds. The van der Waals surface area contributed by atoms with E-state index in [1.807, 2.05) is 60.7 Å². The van der Waals surface area contributed by atoms with Crippen LogP contribution >= 0.6 is 0 Å². The first kappa shape index (κ1) is 18.5. The van der Waals surface area contributed by atoms with Gasteiger partial charge < -0.3 is 14.3 Å². The molecule has 4 aromatic rings. The predicted octanol–water partition coefficient (Wildman–Crippen LogP) is 5.07. The highest BCUT2D eigenvalue weighted by molar-refractivity contribution is 5.91. The van der Waals surface area contributed by atoms with Gasteiger partial charge in [0, 0.05) is 5.39 Å². The summed E-state index contributed by atoms with van der Waals surface area (Å²) in [6.07, 6.45) is 1.53. The highest BCUT2D eigenvalue weighted by Gasteiger charge is 2.12. The van der Waals surface area contributed by atoms with E-state index in [9.17, 15) is 9.59 Å². The van der Waals surface area contributed by atoms with Crippen LogP contribution in [0.4, 0.5) is 0 Å². The first-order valence-electron chi connectivity index (χ1n) is 9.20. The van der Waals surface area contributed by atoms with Gasteiger partial charge in [-0.2, -0.15) is 0 Å². The zero-order valence-corrected chi connectivity index (χ0v) is 15.5. The Bertz CT molecular complexity index is 1220. The molecule has 0 fully saturated rings. The molecule has 0 unspecified atom stereocenters. The Morgan fingerprint density at radius 3 is 2.31 bits per heavy atom. The van der Waals surface area contributed by atoms with E-state index >= 15 is 0 Å². The lowest BCUT2D eigenvalue weighted by molar-refractivity contribution is 0.0692. The van der Waals surface area contributed by atoms with Crippen LogP contribution in [0.3, 0.4) is 0 Å². The number of aromatic carboxylic acids is 1. The molecule has 0 atom stereocenters. The molecule has 0 spiro atoms. The van der Waals surface area contributed by atoms with E-state index in [0.29, 0.717) is 11.0 Å². The van der Waals surface area contributed by atoms with Crippen molar-refractivity contribution in [3.8, 4) is 11.5 Å². The largest absolute Gasteiger partial charge is 0.477 e. The third-order valence-electron chi connectivity index (χ3n) is 4.61. The van der Waals surface area contributed by atoms with E-state index in [1.54, 1.807) is 12.1 Å². The first-order valence-corrected chi connectivity index (χ1v) is 9.20. The van der Waals surface area contributed by atoms with Crippen molar-refractivity contribution in [1.29, 1.82) is 0 Å². The zero-order valence-electron chi connectivity index (χ0n) is 15.5. The van der Waals surface area contributed by atoms with E-state index in [0.717, 1.165) is 35.5 Å². The minimum atomic E-state index is -1.29. The Morgan fingerprint density at radius 2 is 1.55 bits per heavy atom. The monoisotopic (exact) mass is 386 g/mol. The fraction of sp³-hybridized carbons (Fsp3) is 0.0833. The molecule has 1 N–H and O–H groups in total. The Hall–Kier alpha value is -3.86. The molecule has 0 radical (unpaired) electrons. The summed E-state index contributed by atoms with van der Waals surface area (Å²) in [6, 6.07) is 24.4. The molecule has 0 aliphatic heterocycles.